The third-order valence-corrected chi connectivity index (χ3v) is 5.54. The van der Waals surface area contributed by atoms with Gasteiger partial charge in [-0.2, -0.15) is 0 Å². The molecule has 1 saturated heterocycles. The molecule has 1 N–H and O–H groups in total. The summed E-state index contributed by atoms with van der Waals surface area (Å²) in [5.74, 6) is -0.154. The van der Waals surface area contributed by atoms with Gasteiger partial charge in [0.25, 0.3) is 0 Å². The number of nitrogens with one attached hydrogen (secondary N) is 1. The Bertz CT molecular complexity index is 674. The number of aryl methyl sites for hydroxylation is 1. The lowest BCUT2D eigenvalue weighted by atomic mass is 10.1. The maximum atomic E-state index is 11.7. The SMILES string of the molecule is CCc1ccccc1Nc1nnc(S[C@@H]2C[C@@H](C)OC2=O)s1. The van der Waals surface area contributed by atoms with Crippen molar-refractivity contribution in [3.63, 3.8) is 0 Å². The van der Waals surface area contributed by atoms with E-state index in [2.05, 4.69) is 28.5 Å². The van der Waals surface area contributed by atoms with Crippen LogP contribution in [0.1, 0.15) is 25.8 Å². The second kappa shape index (κ2) is 6.66. The topological polar surface area (TPSA) is 64.1 Å². The number of anilines is 2. The molecule has 1 fully saturated rings. The van der Waals surface area contributed by atoms with Gasteiger partial charge >= 0.3 is 5.97 Å². The summed E-state index contributed by atoms with van der Waals surface area (Å²) < 4.78 is 5.94. The average molecular weight is 335 g/mol. The van der Waals surface area contributed by atoms with Gasteiger partial charge in [0, 0.05) is 12.1 Å². The molecule has 1 aromatic heterocycles. The molecule has 3 rings (SSSR count). The molecule has 1 aliphatic rings. The fourth-order valence-corrected chi connectivity index (χ4v) is 4.43. The number of carbonyl (C=O) groups excluding carboxylic acids is 1. The molecule has 1 aliphatic heterocycles. The van der Waals surface area contributed by atoms with Gasteiger partial charge in [0.05, 0.1) is 0 Å². The molecular weight excluding hydrogens is 318 g/mol. The monoisotopic (exact) mass is 335 g/mol. The fraction of sp³-hybridized carbons (Fsp3) is 0.400. The largest absolute Gasteiger partial charge is 0.462 e. The van der Waals surface area contributed by atoms with Crippen LogP contribution in [-0.2, 0) is 16.0 Å². The van der Waals surface area contributed by atoms with Gasteiger partial charge in [0.1, 0.15) is 11.4 Å². The van der Waals surface area contributed by atoms with Crippen LogP contribution in [0.2, 0.25) is 0 Å². The standard InChI is InChI=1S/C15H17N3O2S2/c1-3-10-6-4-5-7-11(10)16-14-17-18-15(22-14)21-12-8-9(2)20-13(12)19/h4-7,9,12H,3,8H2,1-2H3,(H,16,17)/t9-,12-/m1/s1. The lowest BCUT2D eigenvalue weighted by molar-refractivity contribution is -0.140. The Morgan fingerprint density at radius 3 is 2.95 bits per heavy atom. The van der Waals surface area contributed by atoms with Gasteiger partial charge < -0.3 is 10.1 Å². The number of hydrogen-bond donors (Lipinski definition) is 1. The van der Waals surface area contributed by atoms with E-state index >= 15 is 0 Å². The lowest BCUT2D eigenvalue weighted by Crippen LogP contribution is -2.08. The first-order chi connectivity index (χ1) is 10.7. The normalized spacial score (nSPS) is 20.9. The molecule has 0 radical (unpaired) electrons. The summed E-state index contributed by atoms with van der Waals surface area (Å²) in [6.07, 6.45) is 1.67. The maximum absolute atomic E-state index is 11.7. The molecule has 22 heavy (non-hydrogen) atoms. The van der Waals surface area contributed by atoms with Crippen molar-refractivity contribution in [1.82, 2.24) is 10.2 Å². The van der Waals surface area contributed by atoms with Crippen molar-refractivity contribution in [3.05, 3.63) is 29.8 Å². The number of benzene rings is 1. The van der Waals surface area contributed by atoms with Crippen LogP contribution in [0.5, 0.6) is 0 Å². The Kier molecular flexibility index (Phi) is 4.63. The molecule has 1 aromatic carbocycles. The van der Waals surface area contributed by atoms with E-state index in [4.69, 9.17) is 4.74 Å². The van der Waals surface area contributed by atoms with E-state index in [1.54, 1.807) is 0 Å². The van der Waals surface area contributed by atoms with Crippen molar-refractivity contribution < 1.29 is 9.53 Å². The van der Waals surface area contributed by atoms with Crippen molar-refractivity contribution in [2.24, 2.45) is 0 Å². The number of hydrogen-bond acceptors (Lipinski definition) is 7. The van der Waals surface area contributed by atoms with Crippen LogP contribution in [0.3, 0.4) is 0 Å². The van der Waals surface area contributed by atoms with E-state index in [0.29, 0.717) is 0 Å². The molecule has 0 saturated carbocycles. The molecule has 2 aromatic rings. The second-order valence-corrected chi connectivity index (χ2v) is 7.53. The number of rotatable bonds is 5. The number of para-hydroxylation sites is 1. The first-order valence-electron chi connectivity index (χ1n) is 7.21. The van der Waals surface area contributed by atoms with E-state index < -0.39 is 0 Å². The predicted octanol–water partition coefficient (Wildman–Crippen LogP) is 3.64. The smallest absolute Gasteiger partial charge is 0.319 e. The maximum Gasteiger partial charge on any atom is 0.319 e. The van der Waals surface area contributed by atoms with Crippen LogP contribution in [-0.4, -0.2) is 27.5 Å². The zero-order chi connectivity index (χ0) is 15.5. The zero-order valence-electron chi connectivity index (χ0n) is 12.4. The van der Waals surface area contributed by atoms with Gasteiger partial charge in [0.2, 0.25) is 5.13 Å². The number of carbonyl (C=O) groups is 1. The average Bonchev–Trinajstić information content (AvgIpc) is 3.06. The molecule has 2 heterocycles. The van der Waals surface area contributed by atoms with Gasteiger partial charge in [-0.3, -0.25) is 4.79 Å². The van der Waals surface area contributed by atoms with Crippen LogP contribution < -0.4 is 5.32 Å². The van der Waals surface area contributed by atoms with Crippen molar-refractivity contribution in [2.75, 3.05) is 5.32 Å². The molecular formula is C15H17N3O2S2. The van der Waals surface area contributed by atoms with Gasteiger partial charge in [-0.25, -0.2) is 0 Å². The minimum Gasteiger partial charge on any atom is -0.462 e. The summed E-state index contributed by atoms with van der Waals surface area (Å²) in [6.45, 7) is 4.03. The summed E-state index contributed by atoms with van der Waals surface area (Å²) in [5, 5.41) is 12.2. The minimum atomic E-state index is -0.168. The van der Waals surface area contributed by atoms with Crippen LogP contribution in [0, 0.1) is 0 Å². The summed E-state index contributed by atoms with van der Waals surface area (Å²) in [4.78, 5) is 11.7. The molecule has 0 amide bonds. The Labute approximate surface area is 137 Å². The van der Waals surface area contributed by atoms with E-state index in [1.807, 2.05) is 25.1 Å². The summed E-state index contributed by atoms with van der Waals surface area (Å²) in [5.41, 5.74) is 2.28. The van der Waals surface area contributed by atoms with E-state index in [1.165, 1.54) is 28.7 Å². The summed E-state index contributed by atoms with van der Waals surface area (Å²) in [6, 6.07) is 8.14. The van der Waals surface area contributed by atoms with Crippen molar-refractivity contribution in [1.29, 1.82) is 0 Å². The molecule has 2 atom stereocenters. The quantitative estimate of drug-likeness (QED) is 0.842. The highest BCUT2D eigenvalue weighted by molar-refractivity contribution is 8.02. The highest BCUT2D eigenvalue weighted by Gasteiger charge is 2.33. The van der Waals surface area contributed by atoms with Gasteiger partial charge in [-0.1, -0.05) is 48.2 Å². The van der Waals surface area contributed by atoms with Gasteiger partial charge in [-0.05, 0) is 25.0 Å². The Morgan fingerprint density at radius 1 is 1.41 bits per heavy atom. The Hall–Kier alpha value is -1.60. The third-order valence-electron chi connectivity index (χ3n) is 3.42. The molecule has 0 unspecified atom stereocenters. The molecule has 0 aliphatic carbocycles. The lowest BCUT2D eigenvalue weighted by Gasteiger charge is -2.07. The van der Waals surface area contributed by atoms with E-state index in [9.17, 15) is 4.79 Å². The van der Waals surface area contributed by atoms with Crippen LogP contribution in [0.4, 0.5) is 10.8 Å². The number of thioether (sulfide) groups is 1. The van der Waals surface area contributed by atoms with E-state index in [0.717, 1.165) is 28.0 Å². The summed E-state index contributed by atoms with van der Waals surface area (Å²) in [7, 11) is 0. The van der Waals surface area contributed by atoms with Crippen LogP contribution in [0.15, 0.2) is 28.6 Å². The van der Waals surface area contributed by atoms with Crippen LogP contribution >= 0.6 is 23.1 Å². The number of aromatic nitrogens is 2. The molecule has 0 bridgehead atoms. The Morgan fingerprint density at radius 2 is 2.23 bits per heavy atom. The molecule has 116 valence electrons. The minimum absolute atomic E-state index is 0.00746. The number of esters is 1. The van der Waals surface area contributed by atoms with Crippen molar-refractivity contribution in [2.45, 2.75) is 42.4 Å². The second-order valence-electron chi connectivity index (χ2n) is 5.10. The highest BCUT2D eigenvalue weighted by Crippen LogP contribution is 2.35. The van der Waals surface area contributed by atoms with Crippen molar-refractivity contribution in [3.8, 4) is 0 Å². The number of ether oxygens (including phenoxy) is 1. The summed E-state index contributed by atoms with van der Waals surface area (Å²) >= 11 is 2.89. The first kappa shape index (κ1) is 15.3. The van der Waals surface area contributed by atoms with Crippen molar-refractivity contribution >= 4 is 39.9 Å². The molecule has 0 spiro atoms. The first-order valence-corrected chi connectivity index (χ1v) is 8.91. The number of nitrogens with zero attached hydrogens (tertiary/aromatic N) is 2. The van der Waals surface area contributed by atoms with Gasteiger partial charge in [0.15, 0.2) is 4.34 Å². The number of cyclic esters (lactones) is 1. The Balaban J connectivity index is 1.68. The molecule has 5 nitrogen and oxygen atoms in total. The molecule has 7 heteroatoms. The van der Waals surface area contributed by atoms with E-state index in [-0.39, 0.29) is 17.3 Å². The van der Waals surface area contributed by atoms with Crippen LogP contribution in [0.25, 0.3) is 0 Å². The zero-order valence-corrected chi connectivity index (χ0v) is 14.0. The fourth-order valence-electron chi connectivity index (χ4n) is 2.31. The predicted molar refractivity (Wildman–Crippen MR) is 88.8 cm³/mol. The third kappa shape index (κ3) is 3.41. The van der Waals surface area contributed by atoms with Gasteiger partial charge in [-0.15, -0.1) is 10.2 Å². The highest BCUT2D eigenvalue weighted by atomic mass is 32.2.